The fraction of sp³-hybridized carbons (Fsp3) is 0.583. The molecule has 1 fully saturated rings. The number of aryl methyl sites for hydroxylation is 1. The third-order valence-electron chi connectivity index (χ3n) is 3.17. The number of thioether (sulfide) groups is 1. The Hall–Kier alpha value is -0.220. The predicted molar refractivity (Wildman–Crippen MR) is 75.4 cm³/mol. The molecule has 0 bridgehead atoms. The van der Waals surface area contributed by atoms with E-state index in [4.69, 9.17) is 0 Å². The molecular weight excluding hydrogens is 284 g/mol. The minimum Gasteiger partial charge on any atom is -0.352 e. The van der Waals surface area contributed by atoms with E-state index in [-0.39, 0.29) is 0 Å². The smallest absolute Gasteiger partial charge is 0.131 e. The summed E-state index contributed by atoms with van der Waals surface area (Å²) in [4.78, 5) is 6.99. The molecule has 2 nitrogen and oxygen atoms in total. The van der Waals surface area contributed by atoms with Gasteiger partial charge in [-0.2, -0.15) is 11.8 Å². The zero-order valence-corrected chi connectivity index (χ0v) is 12.3. The van der Waals surface area contributed by atoms with Crippen LogP contribution in [0, 0.1) is 6.92 Å². The highest BCUT2D eigenvalue weighted by Gasteiger charge is 2.26. The van der Waals surface area contributed by atoms with Crippen molar-refractivity contribution in [3.63, 3.8) is 0 Å². The topological polar surface area (TPSA) is 16.1 Å². The van der Waals surface area contributed by atoms with Gasteiger partial charge in [0.25, 0.3) is 0 Å². The lowest BCUT2D eigenvalue weighted by Gasteiger charge is -2.39. The second-order valence-corrected chi connectivity index (χ2v) is 6.70. The lowest BCUT2D eigenvalue weighted by atomic mass is 10.1. The van der Waals surface area contributed by atoms with Gasteiger partial charge >= 0.3 is 0 Å². The standard InChI is InChI=1S/C12H17BrN2S/c1-8-6-11(13)7-14-12(8)15-4-5-16-10(3)9(15)2/h6-7,9-10H,4-5H2,1-3H3. The molecule has 1 saturated heterocycles. The van der Waals surface area contributed by atoms with Gasteiger partial charge in [0.1, 0.15) is 5.82 Å². The molecule has 2 atom stereocenters. The van der Waals surface area contributed by atoms with Crippen LogP contribution in [0.4, 0.5) is 5.82 Å². The molecule has 16 heavy (non-hydrogen) atoms. The van der Waals surface area contributed by atoms with Gasteiger partial charge in [-0.1, -0.05) is 6.92 Å². The second-order valence-electron chi connectivity index (χ2n) is 4.30. The molecule has 2 unspecified atom stereocenters. The fourth-order valence-corrected chi connectivity index (χ4v) is 3.61. The Morgan fingerprint density at radius 2 is 2.25 bits per heavy atom. The van der Waals surface area contributed by atoms with E-state index in [1.165, 1.54) is 11.3 Å². The minimum absolute atomic E-state index is 0.561. The number of pyridine rings is 1. The van der Waals surface area contributed by atoms with Crippen LogP contribution < -0.4 is 4.90 Å². The summed E-state index contributed by atoms with van der Waals surface area (Å²) in [7, 11) is 0. The molecule has 0 aromatic carbocycles. The maximum absolute atomic E-state index is 4.56. The van der Waals surface area contributed by atoms with E-state index >= 15 is 0 Å². The summed E-state index contributed by atoms with van der Waals surface area (Å²) in [6.45, 7) is 7.83. The summed E-state index contributed by atoms with van der Waals surface area (Å²) in [6, 6.07) is 2.70. The van der Waals surface area contributed by atoms with Crippen molar-refractivity contribution in [2.75, 3.05) is 17.2 Å². The van der Waals surface area contributed by atoms with Crippen LogP contribution in [-0.2, 0) is 0 Å². The third kappa shape index (κ3) is 2.38. The monoisotopic (exact) mass is 300 g/mol. The Morgan fingerprint density at radius 3 is 2.94 bits per heavy atom. The molecule has 0 N–H and O–H groups in total. The second kappa shape index (κ2) is 4.96. The first-order valence-corrected chi connectivity index (χ1v) is 7.44. The Kier molecular flexibility index (Phi) is 3.80. The van der Waals surface area contributed by atoms with Crippen LogP contribution in [0.2, 0.25) is 0 Å². The molecule has 1 aliphatic heterocycles. The van der Waals surface area contributed by atoms with Crippen molar-refractivity contribution in [1.29, 1.82) is 0 Å². The summed E-state index contributed by atoms with van der Waals surface area (Å²) < 4.78 is 1.06. The molecule has 2 rings (SSSR count). The Labute approximate surface area is 110 Å². The number of anilines is 1. The Bertz CT molecular complexity index is 383. The highest BCUT2D eigenvalue weighted by Crippen LogP contribution is 2.30. The van der Waals surface area contributed by atoms with Crippen molar-refractivity contribution in [3.05, 3.63) is 22.3 Å². The number of aromatic nitrogens is 1. The molecule has 0 amide bonds. The molecule has 0 radical (unpaired) electrons. The first kappa shape index (κ1) is 12.2. The van der Waals surface area contributed by atoms with Crippen LogP contribution in [0.25, 0.3) is 0 Å². The average Bonchev–Trinajstić information content (AvgIpc) is 2.23. The summed E-state index contributed by atoms with van der Waals surface area (Å²) in [6.07, 6.45) is 1.89. The van der Waals surface area contributed by atoms with Crippen molar-refractivity contribution in [2.45, 2.75) is 32.1 Å². The zero-order valence-electron chi connectivity index (χ0n) is 9.90. The van der Waals surface area contributed by atoms with E-state index < -0.39 is 0 Å². The lowest BCUT2D eigenvalue weighted by molar-refractivity contribution is 0.618. The maximum Gasteiger partial charge on any atom is 0.131 e. The van der Waals surface area contributed by atoms with Crippen LogP contribution in [0.5, 0.6) is 0 Å². The van der Waals surface area contributed by atoms with E-state index in [0.717, 1.165) is 16.8 Å². The van der Waals surface area contributed by atoms with Crippen molar-refractivity contribution in [1.82, 2.24) is 4.98 Å². The highest BCUT2D eigenvalue weighted by atomic mass is 79.9. The van der Waals surface area contributed by atoms with Crippen molar-refractivity contribution < 1.29 is 0 Å². The molecule has 1 aliphatic rings. The Morgan fingerprint density at radius 1 is 1.50 bits per heavy atom. The van der Waals surface area contributed by atoms with E-state index in [0.29, 0.717) is 11.3 Å². The maximum atomic E-state index is 4.56. The van der Waals surface area contributed by atoms with E-state index in [9.17, 15) is 0 Å². The molecule has 1 aromatic heterocycles. The lowest BCUT2D eigenvalue weighted by Crippen LogP contribution is -2.45. The molecule has 1 aromatic rings. The van der Waals surface area contributed by atoms with Crippen LogP contribution in [0.1, 0.15) is 19.4 Å². The summed E-state index contributed by atoms with van der Waals surface area (Å²) in [5.74, 6) is 2.34. The van der Waals surface area contributed by atoms with E-state index in [2.05, 4.69) is 64.4 Å². The Balaban J connectivity index is 2.29. The van der Waals surface area contributed by atoms with E-state index in [1.807, 2.05) is 6.20 Å². The summed E-state index contributed by atoms with van der Waals surface area (Å²) in [5, 5.41) is 0.679. The predicted octanol–water partition coefficient (Wildman–Crippen LogP) is 3.48. The van der Waals surface area contributed by atoms with Crippen LogP contribution >= 0.6 is 27.7 Å². The van der Waals surface area contributed by atoms with Gasteiger partial charge in [0.2, 0.25) is 0 Å². The van der Waals surface area contributed by atoms with Crippen LogP contribution in [-0.4, -0.2) is 28.6 Å². The molecule has 88 valence electrons. The number of hydrogen-bond donors (Lipinski definition) is 0. The van der Waals surface area contributed by atoms with Gasteiger partial charge in [-0.3, -0.25) is 0 Å². The van der Waals surface area contributed by atoms with Gasteiger partial charge in [0, 0.05) is 34.3 Å². The van der Waals surface area contributed by atoms with Crippen molar-refractivity contribution in [3.8, 4) is 0 Å². The summed E-state index contributed by atoms with van der Waals surface area (Å²) in [5.41, 5.74) is 1.25. The quantitative estimate of drug-likeness (QED) is 0.790. The largest absolute Gasteiger partial charge is 0.352 e. The number of nitrogens with zero attached hydrogens (tertiary/aromatic N) is 2. The number of rotatable bonds is 1. The molecule has 0 saturated carbocycles. The van der Waals surface area contributed by atoms with E-state index in [1.54, 1.807) is 0 Å². The molecule has 0 spiro atoms. The van der Waals surface area contributed by atoms with Gasteiger partial charge in [-0.05, 0) is 41.4 Å². The molecule has 0 aliphatic carbocycles. The van der Waals surface area contributed by atoms with Gasteiger partial charge < -0.3 is 4.90 Å². The molecule has 4 heteroatoms. The number of hydrogen-bond acceptors (Lipinski definition) is 3. The number of halogens is 1. The van der Waals surface area contributed by atoms with Crippen molar-refractivity contribution >= 4 is 33.5 Å². The summed E-state index contributed by atoms with van der Waals surface area (Å²) >= 11 is 5.52. The first-order chi connectivity index (χ1) is 7.59. The molecular formula is C12H17BrN2S. The molecule has 2 heterocycles. The van der Waals surface area contributed by atoms with Gasteiger partial charge in [-0.15, -0.1) is 0 Å². The van der Waals surface area contributed by atoms with Gasteiger partial charge in [0.15, 0.2) is 0 Å². The average molecular weight is 301 g/mol. The van der Waals surface area contributed by atoms with Gasteiger partial charge in [-0.25, -0.2) is 4.98 Å². The van der Waals surface area contributed by atoms with Gasteiger partial charge in [0.05, 0.1) is 0 Å². The van der Waals surface area contributed by atoms with Crippen LogP contribution in [0.15, 0.2) is 16.7 Å². The zero-order chi connectivity index (χ0) is 11.7. The highest BCUT2D eigenvalue weighted by molar-refractivity contribution is 9.10. The SMILES string of the molecule is Cc1cc(Br)cnc1N1CCSC(C)C1C. The first-order valence-electron chi connectivity index (χ1n) is 5.60. The fourth-order valence-electron chi connectivity index (χ4n) is 2.07. The minimum atomic E-state index is 0.561. The van der Waals surface area contributed by atoms with Crippen LogP contribution in [0.3, 0.4) is 0 Å². The normalized spacial score (nSPS) is 25.9. The van der Waals surface area contributed by atoms with Crippen molar-refractivity contribution in [2.24, 2.45) is 0 Å². The third-order valence-corrected chi connectivity index (χ3v) is 4.94.